The highest BCUT2D eigenvalue weighted by molar-refractivity contribution is 5.93. The van der Waals surface area contributed by atoms with Crippen LogP contribution in [-0.2, 0) is 4.79 Å². The van der Waals surface area contributed by atoms with E-state index in [1.807, 2.05) is 38.1 Å². The molecule has 1 heterocycles. The van der Waals surface area contributed by atoms with Crippen molar-refractivity contribution in [2.24, 2.45) is 11.7 Å². The Morgan fingerprint density at radius 2 is 2.20 bits per heavy atom. The topological polar surface area (TPSA) is 81.2 Å². The van der Waals surface area contributed by atoms with Crippen LogP contribution in [0.3, 0.4) is 0 Å². The molecule has 2 aromatic rings. The highest BCUT2D eigenvalue weighted by atomic mass is 16.4. The summed E-state index contributed by atoms with van der Waals surface area (Å²) in [5.74, 6) is 1.04. The van der Waals surface area contributed by atoms with Crippen LogP contribution in [0.15, 0.2) is 28.7 Å². The lowest BCUT2D eigenvalue weighted by atomic mass is 10.1. The number of amides is 1. The second kappa shape index (κ2) is 5.88. The first-order chi connectivity index (χ1) is 9.51. The van der Waals surface area contributed by atoms with Gasteiger partial charge in [0.15, 0.2) is 0 Å². The zero-order valence-electron chi connectivity index (χ0n) is 11.9. The standard InChI is InChI=1S/C15H19N3O2/c1-9(8-16)14(19)18-13-6-4-5-12(7-13)15-17-10(2)11(3)20-15/h4-7,9H,8,16H2,1-3H3,(H,18,19). The molecule has 0 saturated carbocycles. The Balaban J connectivity index is 2.22. The zero-order chi connectivity index (χ0) is 14.7. The van der Waals surface area contributed by atoms with E-state index in [1.54, 1.807) is 6.92 Å². The van der Waals surface area contributed by atoms with E-state index in [9.17, 15) is 4.79 Å². The zero-order valence-corrected chi connectivity index (χ0v) is 11.9. The minimum atomic E-state index is -0.218. The Morgan fingerprint density at radius 1 is 1.45 bits per heavy atom. The molecule has 1 aromatic heterocycles. The molecule has 1 atom stereocenters. The molecule has 20 heavy (non-hydrogen) atoms. The summed E-state index contributed by atoms with van der Waals surface area (Å²) in [7, 11) is 0. The van der Waals surface area contributed by atoms with Crippen molar-refractivity contribution in [1.29, 1.82) is 0 Å². The van der Waals surface area contributed by atoms with E-state index in [4.69, 9.17) is 10.2 Å². The molecule has 0 spiro atoms. The third kappa shape index (κ3) is 3.05. The first kappa shape index (κ1) is 14.3. The molecule has 0 fully saturated rings. The number of rotatable bonds is 4. The summed E-state index contributed by atoms with van der Waals surface area (Å²) >= 11 is 0. The molecule has 0 aliphatic rings. The van der Waals surface area contributed by atoms with E-state index < -0.39 is 0 Å². The van der Waals surface area contributed by atoms with Gasteiger partial charge in [-0.1, -0.05) is 13.0 Å². The minimum absolute atomic E-state index is 0.0931. The predicted molar refractivity (Wildman–Crippen MR) is 78.3 cm³/mol. The molecule has 0 aliphatic carbocycles. The average Bonchev–Trinajstić information content (AvgIpc) is 2.78. The van der Waals surface area contributed by atoms with Crippen molar-refractivity contribution in [3.63, 3.8) is 0 Å². The summed E-state index contributed by atoms with van der Waals surface area (Å²) in [6, 6.07) is 7.42. The Bertz CT molecular complexity index is 600. The number of hydrogen-bond donors (Lipinski definition) is 2. The number of aryl methyl sites for hydroxylation is 2. The number of nitrogens with one attached hydrogen (secondary N) is 1. The van der Waals surface area contributed by atoms with Gasteiger partial charge in [0.1, 0.15) is 5.76 Å². The van der Waals surface area contributed by atoms with Crippen LogP contribution in [0.2, 0.25) is 0 Å². The monoisotopic (exact) mass is 273 g/mol. The van der Waals surface area contributed by atoms with Gasteiger partial charge in [0.25, 0.3) is 0 Å². The fraction of sp³-hybridized carbons (Fsp3) is 0.333. The van der Waals surface area contributed by atoms with E-state index in [0.717, 1.165) is 17.0 Å². The van der Waals surface area contributed by atoms with Gasteiger partial charge in [0, 0.05) is 23.7 Å². The molecular formula is C15H19N3O2. The van der Waals surface area contributed by atoms with Gasteiger partial charge < -0.3 is 15.5 Å². The number of hydrogen-bond acceptors (Lipinski definition) is 4. The number of nitrogens with zero attached hydrogens (tertiary/aromatic N) is 1. The fourth-order valence-electron chi connectivity index (χ4n) is 1.70. The van der Waals surface area contributed by atoms with Crippen molar-refractivity contribution in [2.75, 3.05) is 11.9 Å². The fourth-order valence-corrected chi connectivity index (χ4v) is 1.70. The lowest BCUT2D eigenvalue weighted by Gasteiger charge is -2.10. The van der Waals surface area contributed by atoms with E-state index in [1.165, 1.54) is 0 Å². The largest absolute Gasteiger partial charge is 0.441 e. The number of aromatic nitrogens is 1. The number of oxazole rings is 1. The quantitative estimate of drug-likeness (QED) is 0.896. The van der Waals surface area contributed by atoms with Gasteiger partial charge in [-0.2, -0.15) is 0 Å². The van der Waals surface area contributed by atoms with Gasteiger partial charge in [-0.05, 0) is 32.0 Å². The second-order valence-electron chi connectivity index (χ2n) is 4.87. The maximum atomic E-state index is 11.8. The summed E-state index contributed by atoms with van der Waals surface area (Å²) < 4.78 is 5.59. The van der Waals surface area contributed by atoms with Crippen molar-refractivity contribution in [2.45, 2.75) is 20.8 Å². The molecule has 5 heteroatoms. The number of nitrogens with two attached hydrogens (primary N) is 1. The van der Waals surface area contributed by atoms with E-state index in [0.29, 0.717) is 18.1 Å². The van der Waals surface area contributed by atoms with Crippen LogP contribution in [0.25, 0.3) is 11.5 Å². The van der Waals surface area contributed by atoms with Gasteiger partial charge >= 0.3 is 0 Å². The Morgan fingerprint density at radius 3 is 2.80 bits per heavy atom. The molecule has 0 radical (unpaired) electrons. The second-order valence-corrected chi connectivity index (χ2v) is 4.87. The molecule has 1 amide bonds. The van der Waals surface area contributed by atoms with Gasteiger partial charge in [0.2, 0.25) is 11.8 Å². The molecule has 2 rings (SSSR count). The van der Waals surface area contributed by atoms with Crippen LogP contribution in [0.4, 0.5) is 5.69 Å². The molecule has 0 bridgehead atoms. The summed E-state index contributed by atoms with van der Waals surface area (Å²) in [5, 5.41) is 2.84. The molecule has 3 N–H and O–H groups in total. The summed E-state index contributed by atoms with van der Waals surface area (Å²) in [5.41, 5.74) is 7.89. The van der Waals surface area contributed by atoms with Gasteiger partial charge in [-0.15, -0.1) is 0 Å². The predicted octanol–water partition coefficient (Wildman–Crippen LogP) is 2.49. The molecule has 1 aromatic carbocycles. The van der Waals surface area contributed by atoms with Crippen LogP contribution >= 0.6 is 0 Å². The molecule has 5 nitrogen and oxygen atoms in total. The maximum absolute atomic E-state index is 11.8. The SMILES string of the molecule is Cc1nc(-c2cccc(NC(=O)C(C)CN)c2)oc1C. The van der Waals surface area contributed by atoms with Gasteiger partial charge in [-0.3, -0.25) is 4.79 Å². The lowest BCUT2D eigenvalue weighted by molar-refractivity contribution is -0.119. The third-order valence-corrected chi connectivity index (χ3v) is 3.21. The Kier molecular flexibility index (Phi) is 4.20. The van der Waals surface area contributed by atoms with Crippen LogP contribution in [0, 0.1) is 19.8 Å². The first-order valence-corrected chi connectivity index (χ1v) is 6.56. The molecule has 0 saturated heterocycles. The van der Waals surface area contributed by atoms with Crippen molar-refractivity contribution in [3.05, 3.63) is 35.7 Å². The first-order valence-electron chi connectivity index (χ1n) is 6.56. The van der Waals surface area contributed by atoms with E-state index >= 15 is 0 Å². The summed E-state index contributed by atoms with van der Waals surface area (Å²) in [6.45, 7) is 5.89. The van der Waals surface area contributed by atoms with Gasteiger partial charge in [0.05, 0.1) is 5.69 Å². The van der Waals surface area contributed by atoms with Crippen LogP contribution in [0.1, 0.15) is 18.4 Å². The van der Waals surface area contributed by atoms with Gasteiger partial charge in [-0.25, -0.2) is 4.98 Å². The average molecular weight is 273 g/mol. The summed E-state index contributed by atoms with van der Waals surface area (Å²) in [6.07, 6.45) is 0. The van der Waals surface area contributed by atoms with Crippen LogP contribution < -0.4 is 11.1 Å². The van der Waals surface area contributed by atoms with Crippen molar-refractivity contribution in [3.8, 4) is 11.5 Å². The molecule has 1 unspecified atom stereocenters. The Hall–Kier alpha value is -2.14. The Labute approximate surface area is 118 Å². The van der Waals surface area contributed by atoms with Crippen molar-refractivity contribution >= 4 is 11.6 Å². The van der Waals surface area contributed by atoms with Crippen LogP contribution in [0.5, 0.6) is 0 Å². The smallest absolute Gasteiger partial charge is 0.228 e. The number of anilines is 1. The number of benzene rings is 1. The van der Waals surface area contributed by atoms with E-state index in [-0.39, 0.29) is 11.8 Å². The normalized spacial score (nSPS) is 12.2. The highest BCUT2D eigenvalue weighted by Crippen LogP contribution is 2.24. The highest BCUT2D eigenvalue weighted by Gasteiger charge is 2.12. The molecule has 0 aliphatic heterocycles. The summed E-state index contributed by atoms with van der Waals surface area (Å²) in [4.78, 5) is 16.2. The minimum Gasteiger partial charge on any atom is -0.441 e. The number of carbonyl (C=O) groups is 1. The lowest BCUT2D eigenvalue weighted by Crippen LogP contribution is -2.26. The van der Waals surface area contributed by atoms with Crippen molar-refractivity contribution in [1.82, 2.24) is 4.98 Å². The molecule has 106 valence electrons. The number of carbonyl (C=O) groups excluding carboxylic acids is 1. The van der Waals surface area contributed by atoms with Crippen LogP contribution in [-0.4, -0.2) is 17.4 Å². The molecular weight excluding hydrogens is 254 g/mol. The third-order valence-electron chi connectivity index (χ3n) is 3.21. The maximum Gasteiger partial charge on any atom is 0.228 e. The van der Waals surface area contributed by atoms with Crippen molar-refractivity contribution < 1.29 is 9.21 Å². The van der Waals surface area contributed by atoms with E-state index in [2.05, 4.69) is 10.3 Å².